The fourth-order valence-corrected chi connectivity index (χ4v) is 5.57. The first-order valence-corrected chi connectivity index (χ1v) is 11.9. The van der Waals surface area contributed by atoms with Gasteiger partial charge in [0.15, 0.2) is 0 Å². The molecule has 1 aliphatic rings. The summed E-state index contributed by atoms with van der Waals surface area (Å²) in [7, 11) is -3.82. The maximum Gasteiger partial charge on any atom is 0.262 e. The molecule has 1 saturated heterocycles. The van der Waals surface area contributed by atoms with Gasteiger partial charge in [0, 0.05) is 64.9 Å². The first-order chi connectivity index (χ1) is 15.0. The topological polar surface area (TPSA) is 74.3 Å². The van der Waals surface area contributed by atoms with Crippen molar-refractivity contribution < 1.29 is 8.42 Å². The average molecular weight is 453 g/mol. The van der Waals surface area contributed by atoms with Crippen LogP contribution in [0.15, 0.2) is 71.8 Å². The van der Waals surface area contributed by atoms with E-state index < -0.39 is 10.0 Å². The number of pyridine rings is 1. The van der Waals surface area contributed by atoms with Gasteiger partial charge < -0.3 is 10.2 Å². The second kappa shape index (κ2) is 8.00. The number of nitrogens with zero attached hydrogens (tertiary/aromatic N) is 2. The summed E-state index contributed by atoms with van der Waals surface area (Å²) in [6.45, 7) is 3.62. The molecule has 0 bridgehead atoms. The first-order valence-electron chi connectivity index (χ1n) is 10.1. The Bertz CT molecular complexity index is 1390. The Kier molecular flexibility index (Phi) is 5.17. The lowest BCUT2D eigenvalue weighted by atomic mass is 10.1. The van der Waals surface area contributed by atoms with Crippen LogP contribution in [0.25, 0.3) is 21.7 Å². The summed E-state index contributed by atoms with van der Waals surface area (Å²) < 4.78 is 29.3. The lowest BCUT2D eigenvalue weighted by Crippen LogP contribution is -2.43. The molecule has 3 aromatic carbocycles. The van der Waals surface area contributed by atoms with Crippen LogP contribution in [0.2, 0.25) is 5.02 Å². The SMILES string of the molecule is O=S(=O)(Nc1ccc2nccc(N3CCNCC3)c2c1)c1cccc2c(Cl)cccc12. The maximum atomic E-state index is 13.3. The van der Waals surface area contributed by atoms with Gasteiger partial charge in [0.25, 0.3) is 10.0 Å². The number of anilines is 2. The molecule has 6 nitrogen and oxygen atoms in total. The molecule has 31 heavy (non-hydrogen) atoms. The summed E-state index contributed by atoms with van der Waals surface area (Å²) >= 11 is 6.26. The molecule has 5 rings (SSSR count). The molecule has 0 spiro atoms. The van der Waals surface area contributed by atoms with Crippen molar-refractivity contribution in [1.29, 1.82) is 0 Å². The van der Waals surface area contributed by atoms with Gasteiger partial charge in [-0.05, 0) is 36.4 Å². The highest BCUT2D eigenvalue weighted by Gasteiger charge is 2.19. The third-order valence-electron chi connectivity index (χ3n) is 5.55. The van der Waals surface area contributed by atoms with Crippen molar-refractivity contribution in [1.82, 2.24) is 10.3 Å². The summed E-state index contributed by atoms with van der Waals surface area (Å²) in [5.74, 6) is 0. The van der Waals surface area contributed by atoms with E-state index in [0.29, 0.717) is 21.5 Å². The summed E-state index contributed by atoms with van der Waals surface area (Å²) in [6, 6.07) is 17.8. The Balaban J connectivity index is 1.55. The molecule has 1 aliphatic heterocycles. The molecule has 0 amide bonds. The minimum Gasteiger partial charge on any atom is -0.368 e. The molecule has 158 valence electrons. The molecule has 0 atom stereocenters. The number of halogens is 1. The van der Waals surface area contributed by atoms with Crippen LogP contribution in [0.5, 0.6) is 0 Å². The number of fused-ring (bicyclic) bond motifs is 2. The van der Waals surface area contributed by atoms with Gasteiger partial charge in [-0.1, -0.05) is 35.9 Å². The van der Waals surface area contributed by atoms with Gasteiger partial charge >= 0.3 is 0 Å². The average Bonchev–Trinajstić information content (AvgIpc) is 2.79. The van der Waals surface area contributed by atoms with E-state index in [9.17, 15) is 8.42 Å². The van der Waals surface area contributed by atoms with Crippen LogP contribution in [0.4, 0.5) is 11.4 Å². The monoisotopic (exact) mass is 452 g/mol. The molecule has 0 saturated carbocycles. The lowest BCUT2D eigenvalue weighted by Gasteiger charge is -2.30. The molecule has 0 unspecified atom stereocenters. The van der Waals surface area contributed by atoms with Crippen molar-refractivity contribution >= 4 is 54.7 Å². The Morgan fingerprint density at radius 1 is 0.935 bits per heavy atom. The second-order valence-electron chi connectivity index (χ2n) is 7.50. The molecule has 0 radical (unpaired) electrons. The molecule has 0 aliphatic carbocycles. The lowest BCUT2D eigenvalue weighted by molar-refractivity contribution is 0.590. The van der Waals surface area contributed by atoms with E-state index in [-0.39, 0.29) is 4.90 Å². The maximum absolute atomic E-state index is 13.3. The number of hydrogen-bond donors (Lipinski definition) is 2. The minimum absolute atomic E-state index is 0.195. The van der Waals surface area contributed by atoms with Gasteiger partial charge in [-0.3, -0.25) is 9.71 Å². The van der Waals surface area contributed by atoms with Crippen LogP contribution in [-0.4, -0.2) is 39.6 Å². The summed E-state index contributed by atoms with van der Waals surface area (Å²) in [4.78, 5) is 6.94. The van der Waals surface area contributed by atoms with E-state index in [0.717, 1.165) is 42.8 Å². The zero-order valence-electron chi connectivity index (χ0n) is 16.7. The van der Waals surface area contributed by atoms with Gasteiger partial charge in [-0.25, -0.2) is 8.42 Å². The van der Waals surface area contributed by atoms with Crippen molar-refractivity contribution in [3.8, 4) is 0 Å². The van der Waals surface area contributed by atoms with Gasteiger partial charge in [-0.15, -0.1) is 0 Å². The summed E-state index contributed by atoms with van der Waals surface area (Å²) in [6.07, 6.45) is 1.80. The highest BCUT2D eigenvalue weighted by atomic mass is 35.5. The van der Waals surface area contributed by atoms with Crippen LogP contribution in [0.1, 0.15) is 0 Å². The van der Waals surface area contributed by atoms with Gasteiger partial charge in [0.2, 0.25) is 0 Å². The Labute approximate surface area is 185 Å². The van der Waals surface area contributed by atoms with E-state index in [4.69, 9.17) is 11.6 Å². The van der Waals surface area contributed by atoms with E-state index in [1.54, 1.807) is 42.6 Å². The Hall–Kier alpha value is -2.87. The summed E-state index contributed by atoms with van der Waals surface area (Å²) in [5, 5.41) is 6.09. The largest absolute Gasteiger partial charge is 0.368 e. The van der Waals surface area contributed by atoms with Crippen LogP contribution in [0, 0.1) is 0 Å². The first kappa shape index (κ1) is 20.1. The predicted molar refractivity (Wildman–Crippen MR) is 127 cm³/mol. The number of hydrogen-bond acceptors (Lipinski definition) is 5. The van der Waals surface area contributed by atoms with Gasteiger partial charge in [0.1, 0.15) is 0 Å². The van der Waals surface area contributed by atoms with Gasteiger partial charge in [-0.2, -0.15) is 0 Å². The van der Waals surface area contributed by atoms with E-state index in [1.807, 2.05) is 24.3 Å². The number of nitrogens with one attached hydrogen (secondary N) is 2. The number of aromatic nitrogens is 1. The number of piperazine rings is 1. The summed E-state index contributed by atoms with van der Waals surface area (Å²) in [5.41, 5.74) is 2.39. The van der Waals surface area contributed by atoms with Crippen molar-refractivity contribution in [2.75, 3.05) is 35.8 Å². The van der Waals surface area contributed by atoms with Crippen LogP contribution < -0.4 is 14.9 Å². The number of benzene rings is 3. The van der Waals surface area contributed by atoms with Crippen LogP contribution >= 0.6 is 11.6 Å². The van der Waals surface area contributed by atoms with Crippen molar-refractivity contribution in [2.24, 2.45) is 0 Å². The zero-order chi connectivity index (χ0) is 21.4. The van der Waals surface area contributed by atoms with Crippen molar-refractivity contribution in [3.05, 3.63) is 71.9 Å². The fraction of sp³-hybridized carbons (Fsp3) is 0.174. The van der Waals surface area contributed by atoms with Crippen molar-refractivity contribution in [2.45, 2.75) is 4.90 Å². The highest BCUT2D eigenvalue weighted by Crippen LogP contribution is 2.32. The molecule has 8 heteroatoms. The van der Waals surface area contributed by atoms with E-state index in [2.05, 4.69) is 19.9 Å². The Morgan fingerprint density at radius 2 is 1.71 bits per heavy atom. The standard InChI is InChI=1S/C23H21ClN4O2S/c24-20-5-1-4-18-17(20)3-2-6-23(18)31(29,30)27-16-7-8-21-19(15-16)22(9-10-26-21)28-13-11-25-12-14-28/h1-10,15,25,27H,11-14H2. The smallest absolute Gasteiger partial charge is 0.262 e. The van der Waals surface area contributed by atoms with Crippen molar-refractivity contribution in [3.63, 3.8) is 0 Å². The minimum atomic E-state index is -3.82. The normalized spacial score (nSPS) is 14.8. The molecule has 2 heterocycles. The van der Waals surface area contributed by atoms with Crippen LogP contribution in [0.3, 0.4) is 0 Å². The molecule has 2 N–H and O–H groups in total. The van der Waals surface area contributed by atoms with Gasteiger partial charge in [0.05, 0.1) is 10.4 Å². The quantitative estimate of drug-likeness (QED) is 0.484. The van der Waals surface area contributed by atoms with E-state index >= 15 is 0 Å². The molecule has 4 aromatic rings. The zero-order valence-corrected chi connectivity index (χ0v) is 18.2. The number of rotatable bonds is 4. The van der Waals surface area contributed by atoms with Crippen LogP contribution in [-0.2, 0) is 10.0 Å². The number of sulfonamides is 1. The fourth-order valence-electron chi connectivity index (χ4n) is 4.06. The Morgan fingerprint density at radius 3 is 2.55 bits per heavy atom. The molecular weight excluding hydrogens is 432 g/mol. The highest BCUT2D eigenvalue weighted by molar-refractivity contribution is 7.93. The predicted octanol–water partition coefficient (Wildman–Crippen LogP) is 4.25. The third-order valence-corrected chi connectivity index (χ3v) is 7.32. The molecule has 1 aromatic heterocycles. The molecular formula is C23H21ClN4O2S. The molecule has 1 fully saturated rings. The third kappa shape index (κ3) is 3.80. The second-order valence-corrected chi connectivity index (χ2v) is 9.55. The van der Waals surface area contributed by atoms with E-state index in [1.165, 1.54) is 0 Å².